The molecule has 162 valence electrons. The van der Waals surface area contributed by atoms with Crippen molar-refractivity contribution in [2.75, 3.05) is 23.3 Å². The minimum atomic E-state index is -4.53. The molecule has 6 nitrogen and oxygen atoms in total. The minimum Gasteiger partial charge on any atom is -0.370 e. The monoisotopic (exact) mass is 430 g/mol. The number of aromatic nitrogens is 2. The summed E-state index contributed by atoms with van der Waals surface area (Å²) in [6, 6.07) is 10.1. The van der Waals surface area contributed by atoms with Crippen molar-refractivity contribution in [1.82, 2.24) is 9.55 Å². The van der Waals surface area contributed by atoms with Gasteiger partial charge >= 0.3 is 6.18 Å². The smallest absolute Gasteiger partial charge is 0.370 e. The molecule has 0 atom stereocenters. The number of carbonyl (C=O) groups is 1. The van der Waals surface area contributed by atoms with Gasteiger partial charge in [-0.3, -0.25) is 14.2 Å². The van der Waals surface area contributed by atoms with Crippen molar-refractivity contribution >= 4 is 28.2 Å². The molecular formula is C22H21F3N4O2. The first-order valence-corrected chi connectivity index (χ1v) is 9.96. The van der Waals surface area contributed by atoms with E-state index in [9.17, 15) is 22.8 Å². The lowest BCUT2D eigenvalue weighted by Gasteiger charge is -2.23. The van der Waals surface area contributed by atoms with E-state index in [0.717, 1.165) is 25.0 Å². The number of amides is 1. The molecule has 2 aromatic carbocycles. The molecule has 1 amide bonds. The number of para-hydroxylation sites is 1. The first-order valence-electron chi connectivity index (χ1n) is 9.96. The van der Waals surface area contributed by atoms with Gasteiger partial charge in [0.25, 0.3) is 5.56 Å². The van der Waals surface area contributed by atoms with E-state index in [1.807, 2.05) is 4.90 Å². The number of alkyl halides is 3. The lowest BCUT2D eigenvalue weighted by Crippen LogP contribution is -2.31. The van der Waals surface area contributed by atoms with E-state index < -0.39 is 17.6 Å². The average molecular weight is 430 g/mol. The summed E-state index contributed by atoms with van der Waals surface area (Å²) in [4.78, 5) is 31.8. The average Bonchev–Trinajstić information content (AvgIpc) is 3.25. The summed E-state index contributed by atoms with van der Waals surface area (Å²) in [5, 5.41) is 2.96. The van der Waals surface area contributed by atoms with Gasteiger partial charge in [-0.25, -0.2) is 4.98 Å². The minimum absolute atomic E-state index is 0.0844. The molecule has 0 radical (unpaired) electrons. The van der Waals surface area contributed by atoms with Crippen LogP contribution < -0.4 is 15.8 Å². The second-order valence-corrected chi connectivity index (χ2v) is 7.54. The number of hydrogen-bond acceptors (Lipinski definition) is 4. The Kier molecular flexibility index (Phi) is 5.43. The largest absolute Gasteiger partial charge is 0.416 e. The van der Waals surface area contributed by atoms with E-state index in [1.165, 1.54) is 10.6 Å². The molecule has 0 aliphatic carbocycles. The molecule has 1 aliphatic rings. The zero-order valence-corrected chi connectivity index (χ0v) is 16.9. The Bertz CT molecular complexity index is 1200. The summed E-state index contributed by atoms with van der Waals surface area (Å²) >= 11 is 0. The van der Waals surface area contributed by atoms with Crippen molar-refractivity contribution in [1.29, 1.82) is 0 Å². The Labute approximate surface area is 176 Å². The summed E-state index contributed by atoms with van der Waals surface area (Å²) in [5.74, 6) is -0.246. The molecule has 3 aromatic rings. The highest BCUT2D eigenvalue weighted by Gasteiger charge is 2.32. The number of halogens is 3. The van der Waals surface area contributed by atoms with Crippen LogP contribution in [0.25, 0.3) is 10.9 Å². The predicted molar refractivity (Wildman–Crippen MR) is 112 cm³/mol. The topological polar surface area (TPSA) is 67.2 Å². The van der Waals surface area contributed by atoms with Crippen LogP contribution in [-0.4, -0.2) is 28.5 Å². The first-order chi connectivity index (χ1) is 14.7. The summed E-state index contributed by atoms with van der Waals surface area (Å²) in [7, 11) is 0. The van der Waals surface area contributed by atoms with Gasteiger partial charge in [0.15, 0.2) is 0 Å². The van der Waals surface area contributed by atoms with Crippen LogP contribution >= 0.6 is 0 Å². The summed E-state index contributed by atoms with van der Waals surface area (Å²) in [6.45, 7) is 2.68. The number of benzene rings is 2. The molecule has 0 saturated carbocycles. The zero-order chi connectivity index (χ0) is 22.2. The Balaban J connectivity index is 1.65. The van der Waals surface area contributed by atoms with Gasteiger partial charge in [0.05, 0.1) is 27.8 Å². The molecule has 9 heteroatoms. The van der Waals surface area contributed by atoms with Crippen LogP contribution in [-0.2, 0) is 17.5 Å². The van der Waals surface area contributed by atoms with Gasteiger partial charge in [-0.2, -0.15) is 13.2 Å². The fourth-order valence-electron chi connectivity index (χ4n) is 3.84. The van der Waals surface area contributed by atoms with Crippen LogP contribution in [0.3, 0.4) is 0 Å². The number of anilines is 2. The molecule has 1 aliphatic heterocycles. The first kappa shape index (κ1) is 20.9. The highest BCUT2D eigenvalue weighted by atomic mass is 19.4. The van der Waals surface area contributed by atoms with Crippen LogP contribution in [0.2, 0.25) is 0 Å². The predicted octanol–water partition coefficient (Wildman–Crippen LogP) is 3.96. The Hall–Kier alpha value is -3.36. The van der Waals surface area contributed by atoms with Crippen molar-refractivity contribution in [3.63, 3.8) is 0 Å². The summed E-state index contributed by atoms with van der Waals surface area (Å²) < 4.78 is 40.9. The van der Waals surface area contributed by atoms with Gasteiger partial charge in [-0.1, -0.05) is 12.1 Å². The Morgan fingerprint density at radius 3 is 2.55 bits per heavy atom. The molecule has 31 heavy (non-hydrogen) atoms. The van der Waals surface area contributed by atoms with E-state index in [4.69, 9.17) is 0 Å². The summed E-state index contributed by atoms with van der Waals surface area (Å²) in [6.07, 6.45) is -2.66. The van der Waals surface area contributed by atoms with E-state index >= 15 is 0 Å². The van der Waals surface area contributed by atoms with Gasteiger partial charge < -0.3 is 10.2 Å². The maximum Gasteiger partial charge on any atom is 0.416 e. The van der Waals surface area contributed by atoms with Crippen molar-refractivity contribution in [3.05, 3.63) is 64.2 Å². The molecule has 0 bridgehead atoms. The number of carbonyl (C=O) groups excluding carboxylic acids is 1. The second kappa shape index (κ2) is 8.05. The molecule has 2 heterocycles. The van der Waals surface area contributed by atoms with Gasteiger partial charge in [-0.05, 0) is 50.1 Å². The highest BCUT2D eigenvalue weighted by Crippen LogP contribution is 2.36. The molecule has 0 spiro atoms. The number of nitrogens with one attached hydrogen (secondary N) is 1. The van der Waals surface area contributed by atoms with E-state index in [-0.39, 0.29) is 17.8 Å². The third-order valence-electron chi connectivity index (χ3n) is 5.40. The zero-order valence-electron chi connectivity index (χ0n) is 16.9. The molecule has 1 aromatic heterocycles. The number of hydrogen-bond donors (Lipinski definition) is 1. The maximum atomic E-state index is 13.2. The van der Waals surface area contributed by atoms with Gasteiger partial charge in [0.1, 0.15) is 12.4 Å². The van der Waals surface area contributed by atoms with Crippen LogP contribution in [0.15, 0.2) is 47.3 Å². The van der Waals surface area contributed by atoms with Gasteiger partial charge in [-0.15, -0.1) is 0 Å². The molecule has 4 rings (SSSR count). The number of rotatable bonds is 4. The van der Waals surface area contributed by atoms with Gasteiger partial charge in [0.2, 0.25) is 5.91 Å². The lowest BCUT2D eigenvalue weighted by atomic mass is 10.1. The maximum absolute atomic E-state index is 13.2. The normalized spacial score (nSPS) is 14.3. The van der Waals surface area contributed by atoms with E-state index in [2.05, 4.69) is 10.3 Å². The van der Waals surface area contributed by atoms with Crippen LogP contribution in [0.5, 0.6) is 0 Å². The van der Waals surface area contributed by atoms with Gasteiger partial charge in [0, 0.05) is 13.1 Å². The highest BCUT2D eigenvalue weighted by molar-refractivity contribution is 5.94. The standard InChI is InChI=1S/C22H21F3N4O2/c1-14-26-17-7-3-2-6-16(17)21(31)29(14)13-20(30)27-18-12-15(22(23,24)25)8-9-19(18)28-10-4-5-11-28/h2-3,6-9,12H,4-5,10-11,13H2,1H3,(H,27,30). The second-order valence-electron chi connectivity index (χ2n) is 7.54. The molecular weight excluding hydrogens is 409 g/mol. The fourth-order valence-corrected chi connectivity index (χ4v) is 3.84. The number of aryl methyl sites for hydroxylation is 1. The van der Waals surface area contributed by atoms with E-state index in [0.29, 0.717) is 35.5 Å². The Morgan fingerprint density at radius 1 is 1.13 bits per heavy atom. The van der Waals surface area contributed by atoms with Crippen molar-refractivity contribution in [2.45, 2.75) is 32.5 Å². The van der Waals surface area contributed by atoms with Crippen molar-refractivity contribution in [2.24, 2.45) is 0 Å². The third-order valence-corrected chi connectivity index (χ3v) is 5.40. The quantitative estimate of drug-likeness (QED) is 0.681. The SMILES string of the molecule is Cc1nc2ccccc2c(=O)n1CC(=O)Nc1cc(C(F)(F)F)ccc1N1CCCC1. The summed E-state index contributed by atoms with van der Waals surface area (Å²) in [5.41, 5.74) is -0.0647. The third kappa shape index (κ3) is 4.26. The fraction of sp³-hybridized carbons (Fsp3) is 0.318. The van der Waals surface area contributed by atoms with Crippen LogP contribution in [0.1, 0.15) is 24.2 Å². The van der Waals surface area contributed by atoms with Crippen LogP contribution in [0.4, 0.5) is 24.5 Å². The van der Waals surface area contributed by atoms with E-state index in [1.54, 1.807) is 31.2 Å². The molecule has 1 fully saturated rings. The number of nitrogens with zero attached hydrogens (tertiary/aromatic N) is 3. The van der Waals surface area contributed by atoms with Crippen molar-refractivity contribution < 1.29 is 18.0 Å². The Morgan fingerprint density at radius 2 is 1.84 bits per heavy atom. The lowest BCUT2D eigenvalue weighted by molar-refractivity contribution is -0.137. The molecule has 0 unspecified atom stereocenters. The number of fused-ring (bicyclic) bond motifs is 1. The van der Waals surface area contributed by atoms with Crippen molar-refractivity contribution in [3.8, 4) is 0 Å². The molecule has 1 N–H and O–H groups in total. The van der Waals surface area contributed by atoms with Crippen LogP contribution in [0, 0.1) is 6.92 Å². The molecule has 1 saturated heterocycles.